The number of halogens is 1. The van der Waals surface area contributed by atoms with Gasteiger partial charge in [0.15, 0.2) is 5.78 Å². The first-order valence-corrected chi connectivity index (χ1v) is 7.37. The summed E-state index contributed by atoms with van der Waals surface area (Å²) in [5, 5.41) is 4.23. The molecule has 4 nitrogen and oxygen atoms in total. The predicted molar refractivity (Wildman–Crippen MR) is 72.8 cm³/mol. The standard InChI is InChI=1S/C13H19BrN2O2/c1-2-6-16-13(11(14)9-15-16)12(17)8-10-5-3-4-7-18-10/h9-10H,2-8H2,1H3. The number of carbonyl (C=O) groups is 1. The molecule has 0 saturated carbocycles. The number of ketones is 1. The summed E-state index contributed by atoms with van der Waals surface area (Å²) in [6, 6.07) is 0. The molecule has 1 aliphatic rings. The average Bonchev–Trinajstić information content (AvgIpc) is 2.72. The fraction of sp³-hybridized carbons (Fsp3) is 0.692. The molecule has 1 unspecified atom stereocenters. The summed E-state index contributed by atoms with van der Waals surface area (Å²) < 4.78 is 8.20. The highest BCUT2D eigenvalue weighted by Gasteiger charge is 2.22. The van der Waals surface area contributed by atoms with Crippen LogP contribution in [0, 0.1) is 0 Å². The van der Waals surface area contributed by atoms with E-state index in [0.717, 1.165) is 43.3 Å². The largest absolute Gasteiger partial charge is 0.378 e. The lowest BCUT2D eigenvalue weighted by Gasteiger charge is -2.22. The van der Waals surface area contributed by atoms with Gasteiger partial charge in [0, 0.05) is 19.6 Å². The molecule has 0 aliphatic carbocycles. The molecular formula is C13H19BrN2O2. The second kappa shape index (κ2) is 6.48. The lowest BCUT2D eigenvalue weighted by Crippen LogP contribution is -2.24. The van der Waals surface area contributed by atoms with Gasteiger partial charge in [0.05, 0.1) is 16.8 Å². The fourth-order valence-electron chi connectivity index (χ4n) is 2.29. The third kappa shape index (κ3) is 3.20. The first-order valence-electron chi connectivity index (χ1n) is 6.58. The molecule has 0 N–H and O–H groups in total. The summed E-state index contributed by atoms with van der Waals surface area (Å²) in [7, 11) is 0. The van der Waals surface area contributed by atoms with E-state index in [4.69, 9.17) is 4.74 Å². The second-order valence-electron chi connectivity index (χ2n) is 4.68. The van der Waals surface area contributed by atoms with Crippen LogP contribution >= 0.6 is 15.9 Å². The van der Waals surface area contributed by atoms with E-state index in [1.54, 1.807) is 10.9 Å². The maximum Gasteiger partial charge on any atom is 0.184 e. The van der Waals surface area contributed by atoms with Crippen molar-refractivity contribution in [2.75, 3.05) is 6.61 Å². The number of ether oxygens (including phenoxy) is 1. The number of rotatable bonds is 5. The van der Waals surface area contributed by atoms with Gasteiger partial charge in [0.2, 0.25) is 0 Å². The topological polar surface area (TPSA) is 44.1 Å². The summed E-state index contributed by atoms with van der Waals surface area (Å²) in [6.07, 6.45) is 6.48. The van der Waals surface area contributed by atoms with Crippen LogP contribution in [0.25, 0.3) is 0 Å². The Morgan fingerprint density at radius 2 is 2.44 bits per heavy atom. The lowest BCUT2D eigenvalue weighted by molar-refractivity contribution is 0.0126. The van der Waals surface area contributed by atoms with Gasteiger partial charge in [-0.15, -0.1) is 0 Å². The third-order valence-electron chi connectivity index (χ3n) is 3.18. The Morgan fingerprint density at radius 3 is 3.11 bits per heavy atom. The number of nitrogens with zero attached hydrogens (tertiary/aromatic N) is 2. The van der Waals surface area contributed by atoms with Gasteiger partial charge in [-0.2, -0.15) is 5.10 Å². The molecule has 1 aromatic heterocycles. The maximum absolute atomic E-state index is 12.3. The summed E-state index contributed by atoms with van der Waals surface area (Å²) >= 11 is 3.41. The Hall–Kier alpha value is -0.680. The second-order valence-corrected chi connectivity index (χ2v) is 5.53. The minimum Gasteiger partial charge on any atom is -0.378 e. The molecule has 1 aromatic rings. The van der Waals surface area contributed by atoms with Gasteiger partial charge in [-0.05, 0) is 41.6 Å². The molecule has 0 radical (unpaired) electrons. The van der Waals surface area contributed by atoms with E-state index in [1.165, 1.54) is 0 Å². The van der Waals surface area contributed by atoms with E-state index in [-0.39, 0.29) is 11.9 Å². The highest BCUT2D eigenvalue weighted by atomic mass is 79.9. The van der Waals surface area contributed by atoms with Crippen LogP contribution in [-0.4, -0.2) is 28.3 Å². The van der Waals surface area contributed by atoms with Crippen LogP contribution in [0.15, 0.2) is 10.7 Å². The van der Waals surface area contributed by atoms with E-state index in [9.17, 15) is 4.79 Å². The summed E-state index contributed by atoms with van der Waals surface area (Å²) in [6.45, 7) is 3.64. The zero-order valence-corrected chi connectivity index (χ0v) is 12.3. The molecule has 5 heteroatoms. The van der Waals surface area contributed by atoms with Crippen LogP contribution in [0.2, 0.25) is 0 Å². The zero-order chi connectivity index (χ0) is 13.0. The van der Waals surface area contributed by atoms with Crippen molar-refractivity contribution in [3.05, 3.63) is 16.4 Å². The van der Waals surface area contributed by atoms with E-state index in [1.807, 2.05) is 0 Å². The van der Waals surface area contributed by atoms with Gasteiger partial charge in [0.25, 0.3) is 0 Å². The van der Waals surface area contributed by atoms with Crippen LogP contribution in [0.5, 0.6) is 0 Å². The van der Waals surface area contributed by atoms with Gasteiger partial charge in [-0.3, -0.25) is 9.48 Å². The minimum absolute atomic E-state index is 0.0862. The van der Waals surface area contributed by atoms with Gasteiger partial charge in [-0.1, -0.05) is 6.92 Å². The molecule has 18 heavy (non-hydrogen) atoms. The monoisotopic (exact) mass is 314 g/mol. The van der Waals surface area contributed by atoms with E-state index in [0.29, 0.717) is 12.1 Å². The summed E-state index contributed by atoms with van der Waals surface area (Å²) in [4.78, 5) is 12.3. The van der Waals surface area contributed by atoms with Crippen LogP contribution in [-0.2, 0) is 11.3 Å². The molecule has 0 amide bonds. The average molecular weight is 315 g/mol. The summed E-state index contributed by atoms with van der Waals surface area (Å²) in [5.41, 5.74) is 0.686. The molecule has 2 rings (SSSR count). The van der Waals surface area contributed by atoms with Crippen LogP contribution in [0.3, 0.4) is 0 Å². The van der Waals surface area contributed by atoms with Crippen molar-refractivity contribution in [3.8, 4) is 0 Å². The number of carbonyl (C=O) groups excluding carboxylic acids is 1. The van der Waals surface area contributed by atoms with Crippen LogP contribution in [0.1, 0.15) is 49.5 Å². The fourth-order valence-corrected chi connectivity index (χ4v) is 2.81. The molecule has 0 spiro atoms. The third-order valence-corrected chi connectivity index (χ3v) is 3.76. The minimum atomic E-state index is 0.0862. The maximum atomic E-state index is 12.3. The van der Waals surface area contributed by atoms with Crippen molar-refractivity contribution < 1.29 is 9.53 Å². The highest BCUT2D eigenvalue weighted by molar-refractivity contribution is 9.10. The number of aryl methyl sites for hydroxylation is 1. The molecule has 1 fully saturated rings. The van der Waals surface area contributed by atoms with Crippen molar-refractivity contribution in [3.63, 3.8) is 0 Å². The molecule has 0 bridgehead atoms. The molecule has 1 saturated heterocycles. The smallest absolute Gasteiger partial charge is 0.184 e. The van der Waals surface area contributed by atoms with E-state index >= 15 is 0 Å². The van der Waals surface area contributed by atoms with Crippen LogP contribution < -0.4 is 0 Å². The van der Waals surface area contributed by atoms with Crippen molar-refractivity contribution in [1.29, 1.82) is 0 Å². The van der Waals surface area contributed by atoms with Crippen molar-refractivity contribution in [2.24, 2.45) is 0 Å². The lowest BCUT2D eigenvalue weighted by atomic mass is 10.0. The first kappa shape index (κ1) is 13.7. The van der Waals surface area contributed by atoms with Gasteiger partial charge in [0.1, 0.15) is 5.69 Å². The number of hydrogen-bond acceptors (Lipinski definition) is 3. The molecule has 0 aromatic carbocycles. The molecular weight excluding hydrogens is 296 g/mol. The molecule has 2 heterocycles. The van der Waals surface area contributed by atoms with Gasteiger partial charge >= 0.3 is 0 Å². The van der Waals surface area contributed by atoms with Gasteiger partial charge < -0.3 is 4.74 Å². The molecule has 1 aliphatic heterocycles. The van der Waals surface area contributed by atoms with Crippen LogP contribution in [0.4, 0.5) is 0 Å². The van der Waals surface area contributed by atoms with Crippen molar-refractivity contribution in [2.45, 2.75) is 51.7 Å². The Bertz CT molecular complexity index is 411. The van der Waals surface area contributed by atoms with E-state index in [2.05, 4.69) is 28.0 Å². The predicted octanol–water partition coefficient (Wildman–Crippen LogP) is 3.20. The highest BCUT2D eigenvalue weighted by Crippen LogP contribution is 2.22. The Balaban J connectivity index is 2.05. The number of Topliss-reactive ketones (excluding diaryl/α,β-unsaturated/α-hetero) is 1. The SMILES string of the molecule is CCCn1ncc(Br)c1C(=O)CC1CCCCO1. The number of hydrogen-bond donors (Lipinski definition) is 0. The van der Waals surface area contributed by atoms with Crippen molar-refractivity contribution >= 4 is 21.7 Å². The van der Waals surface area contributed by atoms with Crippen molar-refractivity contribution in [1.82, 2.24) is 9.78 Å². The molecule has 100 valence electrons. The van der Waals surface area contributed by atoms with Gasteiger partial charge in [-0.25, -0.2) is 0 Å². The zero-order valence-electron chi connectivity index (χ0n) is 10.7. The summed E-state index contributed by atoms with van der Waals surface area (Å²) in [5.74, 6) is 0.125. The Labute approximate surface area is 116 Å². The molecule has 1 atom stereocenters. The Morgan fingerprint density at radius 1 is 1.61 bits per heavy atom. The normalized spacial score (nSPS) is 20.0. The quantitative estimate of drug-likeness (QED) is 0.784. The first-order chi connectivity index (χ1) is 8.72. The Kier molecular flexibility index (Phi) is 4.95. The number of aromatic nitrogens is 2. The van der Waals surface area contributed by atoms with E-state index < -0.39 is 0 Å².